The fourth-order valence-electron chi connectivity index (χ4n) is 2.42. The van der Waals surface area contributed by atoms with Crippen LogP contribution in [0.2, 0.25) is 0 Å². The quantitative estimate of drug-likeness (QED) is 0.805. The third-order valence-electron chi connectivity index (χ3n) is 3.68. The van der Waals surface area contributed by atoms with E-state index in [4.69, 9.17) is 0 Å². The van der Waals surface area contributed by atoms with Crippen LogP contribution in [0, 0.1) is 5.41 Å². The molecule has 1 aromatic heterocycles. The molecule has 0 saturated carbocycles. The van der Waals surface area contributed by atoms with E-state index >= 15 is 0 Å². The van der Waals surface area contributed by atoms with E-state index in [1.807, 2.05) is 0 Å². The molecule has 2 rings (SSSR count). The van der Waals surface area contributed by atoms with E-state index in [0.29, 0.717) is 11.0 Å². The van der Waals surface area contributed by atoms with Gasteiger partial charge < -0.3 is 10.6 Å². The molecule has 0 radical (unpaired) electrons. The number of nitrogens with zero attached hydrogens (tertiary/aromatic N) is 2. The van der Waals surface area contributed by atoms with Crippen LogP contribution >= 0.6 is 15.9 Å². The van der Waals surface area contributed by atoms with Gasteiger partial charge in [-0.15, -0.1) is 6.58 Å². The van der Waals surface area contributed by atoms with Gasteiger partial charge >= 0.3 is 0 Å². The van der Waals surface area contributed by atoms with Crippen molar-refractivity contribution in [2.24, 2.45) is 5.41 Å². The highest BCUT2D eigenvalue weighted by Gasteiger charge is 2.26. The number of hydrogen-bond donors (Lipinski definition) is 2. The van der Waals surface area contributed by atoms with Gasteiger partial charge in [-0.3, -0.25) is 4.79 Å². The van der Waals surface area contributed by atoms with Crippen molar-refractivity contribution in [3.05, 3.63) is 33.7 Å². The molecule has 2 heterocycles. The lowest BCUT2D eigenvalue weighted by atomic mass is 9.83. The number of aromatic nitrogens is 2. The van der Waals surface area contributed by atoms with Crippen molar-refractivity contribution in [3.8, 4) is 0 Å². The molecule has 110 valence electrons. The molecule has 5 nitrogen and oxygen atoms in total. The lowest BCUT2D eigenvalue weighted by molar-refractivity contribution is 0.253. The Morgan fingerprint density at radius 3 is 3.15 bits per heavy atom. The molecule has 1 aromatic rings. The van der Waals surface area contributed by atoms with E-state index in [1.54, 1.807) is 12.3 Å². The summed E-state index contributed by atoms with van der Waals surface area (Å²) in [6.07, 6.45) is 5.72. The number of anilines is 1. The molecule has 0 aromatic carbocycles. The lowest BCUT2D eigenvalue weighted by Gasteiger charge is -2.34. The van der Waals surface area contributed by atoms with Gasteiger partial charge in [-0.25, -0.2) is 4.68 Å². The monoisotopic (exact) mass is 340 g/mol. The average molecular weight is 341 g/mol. The SMILES string of the molecule is C=CCn1ncc(NCC2(C)CCCNC2)c(Br)c1=O. The smallest absolute Gasteiger partial charge is 0.283 e. The van der Waals surface area contributed by atoms with E-state index in [1.165, 1.54) is 17.5 Å². The van der Waals surface area contributed by atoms with Crippen molar-refractivity contribution >= 4 is 21.6 Å². The van der Waals surface area contributed by atoms with Gasteiger partial charge in [-0.1, -0.05) is 13.0 Å². The summed E-state index contributed by atoms with van der Waals surface area (Å²) in [5, 5.41) is 10.9. The third-order valence-corrected chi connectivity index (χ3v) is 4.44. The zero-order valence-corrected chi connectivity index (χ0v) is 13.4. The number of rotatable bonds is 5. The molecule has 1 saturated heterocycles. The lowest BCUT2D eigenvalue weighted by Crippen LogP contribution is -2.42. The number of hydrogen-bond acceptors (Lipinski definition) is 4. The highest BCUT2D eigenvalue weighted by atomic mass is 79.9. The van der Waals surface area contributed by atoms with Crippen LogP contribution in [0.3, 0.4) is 0 Å². The summed E-state index contributed by atoms with van der Waals surface area (Å²) in [5.41, 5.74) is 0.831. The van der Waals surface area contributed by atoms with Gasteiger partial charge in [0.25, 0.3) is 5.56 Å². The molecule has 20 heavy (non-hydrogen) atoms. The van der Waals surface area contributed by atoms with Crippen molar-refractivity contribution in [2.75, 3.05) is 25.0 Å². The molecule has 0 spiro atoms. The molecular weight excluding hydrogens is 320 g/mol. The van der Waals surface area contributed by atoms with Crippen LogP contribution in [-0.4, -0.2) is 29.4 Å². The van der Waals surface area contributed by atoms with Crippen LogP contribution in [-0.2, 0) is 6.54 Å². The maximum absolute atomic E-state index is 12.1. The summed E-state index contributed by atoms with van der Waals surface area (Å²) in [4.78, 5) is 12.1. The fraction of sp³-hybridized carbons (Fsp3) is 0.571. The topological polar surface area (TPSA) is 59.0 Å². The predicted octanol–water partition coefficient (Wildman–Crippen LogP) is 1.99. The van der Waals surface area contributed by atoms with Crippen molar-refractivity contribution in [3.63, 3.8) is 0 Å². The Bertz CT molecular complexity index is 534. The number of nitrogens with one attached hydrogen (secondary N) is 2. The summed E-state index contributed by atoms with van der Waals surface area (Å²) in [6, 6.07) is 0. The van der Waals surface area contributed by atoms with Gasteiger partial charge in [-0.05, 0) is 40.7 Å². The summed E-state index contributed by atoms with van der Waals surface area (Å²) in [5.74, 6) is 0. The maximum Gasteiger partial charge on any atom is 0.283 e. The molecule has 1 fully saturated rings. The molecule has 0 bridgehead atoms. The molecule has 6 heteroatoms. The second-order valence-corrected chi connectivity index (χ2v) is 6.39. The molecule has 1 atom stereocenters. The van der Waals surface area contributed by atoms with Gasteiger partial charge in [0.15, 0.2) is 0 Å². The first-order valence-electron chi connectivity index (χ1n) is 6.87. The Balaban J connectivity index is 2.08. The van der Waals surface area contributed by atoms with E-state index in [-0.39, 0.29) is 11.0 Å². The normalized spacial score (nSPS) is 22.5. The van der Waals surface area contributed by atoms with Crippen LogP contribution in [0.5, 0.6) is 0 Å². The van der Waals surface area contributed by atoms with E-state index in [9.17, 15) is 4.79 Å². The third kappa shape index (κ3) is 3.49. The first kappa shape index (κ1) is 15.3. The first-order chi connectivity index (χ1) is 9.56. The van der Waals surface area contributed by atoms with Crippen molar-refractivity contribution in [1.82, 2.24) is 15.1 Å². The van der Waals surface area contributed by atoms with Crippen molar-refractivity contribution in [1.29, 1.82) is 0 Å². The Hall–Kier alpha value is -1.14. The molecule has 1 aliphatic rings. The Labute approximate surface area is 127 Å². The Morgan fingerprint density at radius 2 is 2.50 bits per heavy atom. The van der Waals surface area contributed by atoms with Crippen molar-refractivity contribution in [2.45, 2.75) is 26.3 Å². The minimum absolute atomic E-state index is 0.137. The molecular formula is C14H21BrN4O. The number of piperidine rings is 1. The zero-order valence-electron chi connectivity index (χ0n) is 11.8. The Morgan fingerprint density at radius 1 is 1.70 bits per heavy atom. The summed E-state index contributed by atoms with van der Waals surface area (Å²) in [7, 11) is 0. The molecule has 0 aliphatic carbocycles. The maximum atomic E-state index is 12.1. The first-order valence-corrected chi connectivity index (χ1v) is 7.66. The zero-order chi connectivity index (χ0) is 14.6. The van der Waals surface area contributed by atoms with Gasteiger partial charge in [0, 0.05) is 13.1 Å². The van der Waals surface area contributed by atoms with Gasteiger partial charge in [0.05, 0.1) is 18.4 Å². The highest BCUT2D eigenvalue weighted by molar-refractivity contribution is 9.10. The molecule has 1 unspecified atom stereocenters. The predicted molar refractivity (Wildman–Crippen MR) is 85.1 cm³/mol. The van der Waals surface area contributed by atoms with Crippen LogP contribution in [0.25, 0.3) is 0 Å². The second kappa shape index (κ2) is 6.54. The molecule has 2 N–H and O–H groups in total. The standard InChI is InChI=1S/C14H21BrN4O/c1-3-7-19-13(20)12(15)11(8-18-19)17-10-14(2)5-4-6-16-9-14/h3,8,16-17H,1,4-7,9-10H2,2H3. The highest BCUT2D eigenvalue weighted by Crippen LogP contribution is 2.26. The largest absolute Gasteiger partial charge is 0.382 e. The van der Waals surface area contributed by atoms with Crippen LogP contribution in [0.15, 0.2) is 28.1 Å². The van der Waals surface area contributed by atoms with Crippen LogP contribution in [0.4, 0.5) is 5.69 Å². The van der Waals surface area contributed by atoms with Gasteiger partial charge in [-0.2, -0.15) is 5.10 Å². The van der Waals surface area contributed by atoms with E-state index in [0.717, 1.165) is 25.3 Å². The average Bonchev–Trinajstić information content (AvgIpc) is 2.44. The van der Waals surface area contributed by atoms with Crippen molar-refractivity contribution < 1.29 is 0 Å². The summed E-state index contributed by atoms with van der Waals surface area (Å²) in [6.45, 7) is 9.21. The minimum atomic E-state index is -0.137. The van der Waals surface area contributed by atoms with E-state index in [2.05, 4.69) is 45.2 Å². The number of halogens is 1. The molecule has 1 aliphatic heterocycles. The summed E-state index contributed by atoms with van der Waals surface area (Å²) >= 11 is 3.36. The second-order valence-electron chi connectivity index (χ2n) is 5.59. The van der Waals surface area contributed by atoms with Crippen LogP contribution in [0.1, 0.15) is 19.8 Å². The van der Waals surface area contributed by atoms with Gasteiger partial charge in [0.1, 0.15) is 4.47 Å². The molecule has 0 amide bonds. The fourth-order valence-corrected chi connectivity index (χ4v) is 2.87. The Kier molecular flexibility index (Phi) is 4.99. The minimum Gasteiger partial charge on any atom is -0.382 e. The van der Waals surface area contributed by atoms with Gasteiger partial charge in [0.2, 0.25) is 0 Å². The van der Waals surface area contributed by atoms with Crippen LogP contribution < -0.4 is 16.2 Å². The van der Waals surface area contributed by atoms with E-state index < -0.39 is 0 Å². The number of allylic oxidation sites excluding steroid dienone is 1. The summed E-state index contributed by atoms with van der Waals surface area (Å²) < 4.78 is 1.91.